The SMILES string of the molecule is CC(C)COCCNc1ncc(Cl)cn1. The fourth-order valence-corrected chi connectivity index (χ4v) is 1.06. The third kappa shape index (κ3) is 5.54. The molecule has 0 aliphatic carbocycles. The quantitative estimate of drug-likeness (QED) is 0.760. The van der Waals surface area contributed by atoms with Gasteiger partial charge in [-0.25, -0.2) is 9.97 Å². The first-order valence-corrected chi connectivity index (χ1v) is 5.35. The van der Waals surface area contributed by atoms with Crippen LogP contribution in [-0.4, -0.2) is 29.7 Å². The van der Waals surface area contributed by atoms with E-state index in [4.69, 9.17) is 16.3 Å². The highest BCUT2D eigenvalue weighted by Crippen LogP contribution is 2.04. The summed E-state index contributed by atoms with van der Waals surface area (Å²) in [5.74, 6) is 1.14. The topological polar surface area (TPSA) is 47.0 Å². The normalized spacial score (nSPS) is 10.7. The van der Waals surface area contributed by atoms with Gasteiger partial charge in [-0.1, -0.05) is 25.4 Å². The van der Waals surface area contributed by atoms with Gasteiger partial charge >= 0.3 is 0 Å². The number of anilines is 1. The monoisotopic (exact) mass is 229 g/mol. The molecule has 1 N–H and O–H groups in total. The van der Waals surface area contributed by atoms with Crippen molar-refractivity contribution in [2.24, 2.45) is 5.92 Å². The minimum absolute atomic E-state index is 0.539. The van der Waals surface area contributed by atoms with Gasteiger partial charge in [-0.05, 0) is 5.92 Å². The number of nitrogens with one attached hydrogen (secondary N) is 1. The van der Waals surface area contributed by atoms with Crippen LogP contribution in [0.5, 0.6) is 0 Å². The molecule has 0 aliphatic rings. The van der Waals surface area contributed by atoms with E-state index in [1.165, 1.54) is 0 Å². The molecule has 0 unspecified atom stereocenters. The Balaban J connectivity index is 2.12. The summed E-state index contributed by atoms with van der Waals surface area (Å²) in [5.41, 5.74) is 0. The summed E-state index contributed by atoms with van der Waals surface area (Å²) >= 11 is 5.65. The van der Waals surface area contributed by atoms with Gasteiger partial charge in [0.25, 0.3) is 0 Å². The molecule has 0 radical (unpaired) electrons. The number of nitrogens with zero attached hydrogens (tertiary/aromatic N) is 2. The molecule has 5 heteroatoms. The van der Waals surface area contributed by atoms with E-state index in [0.717, 1.165) is 6.61 Å². The molecule has 1 aromatic heterocycles. The number of hydrogen-bond donors (Lipinski definition) is 1. The molecule has 0 bridgehead atoms. The van der Waals surface area contributed by atoms with E-state index in [1.807, 2.05) is 0 Å². The fourth-order valence-electron chi connectivity index (χ4n) is 0.958. The Labute approximate surface area is 95.0 Å². The third-order valence-corrected chi connectivity index (χ3v) is 1.80. The van der Waals surface area contributed by atoms with Crippen molar-refractivity contribution in [3.05, 3.63) is 17.4 Å². The summed E-state index contributed by atoms with van der Waals surface area (Å²) in [4.78, 5) is 8.00. The molecule has 0 saturated heterocycles. The van der Waals surface area contributed by atoms with E-state index in [1.54, 1.807) is 12.4 Å². The lowest BCUT2D eigenvalue weighted by Crippen LogP contribution is -2.13. The van der Waals surface area contributed by atoms with E-state index in [0.29, 0.717) is 30.0 Å². The highest BCUT2D eigenvalue weighted by atomic mass is 35.5. The first-order chi connectivity index (χ1) is 7.18. The highest BCUT2D eigenvalue weighted by Gasteiger charge is 1.96. The van der Waals surface area contributed by atoms with Crippen LogP contribution in [0.15, 0.2) is 12.4 Å². The van der Waals surface area contributed by atoms with Crippen molar-refractivity contribution < 1.29 is 4.74 Å². The Bertz CT molecular complexity index is 277. The Hall–Kier alpha value is -0.870. The average Bonchev–Trinajstić information content (AvgIpc) is 2.20. The maximum Gasteiger partial charge on any atom is 0.222 e. The second-order valence-corrected chi connectivity index (χ2v) is 4.06. The maximum absolute atomic E-state index is 5.65. The minimum Gasteiger partial charge on any atom is -0.379 e. The average molecular weight is 230 g/mol. The fraction of sp³-hybridized carbons (Fsp3) is 0.600. The molecule has 4 nitrogen and oxygen atoms in total. The van der Waals surface area contributed by atoms with Gasteiger partial charge in [-0.2, -0.15) is 0 Å². The standard InChI is InChI=1S/C10H16ClN3O/c1-8(2)7-15-4-3-12-10-13-5-9(11)6-14-10/h5-6,8H,3-4,7H2,1-2H3,(H,12,13,14). The van der Waals surface area contributed by atoms with Gasteiger partial charge in [-0.15, -0.1) is 0 Å². The van der Waals surface area contributed by atoms with Crippen molar-refractivity contribution in [3.8, 4) is 0 Å². The zero-order valence-corrected chi connectivity index (χ0v) is 9.79. The summed E-state index contributed by atoms with van der Waals surface area (Å²) in [7, 11) is 0. The van der Waals surface area contributed by atoms with Gasteiger partial charge < -0.3 is 10.1 Å². The second-order valence-electron chi connectivity index (χ2n) is 3.62. The first-order valence-electron chi connectivity index (χ1n) is 4.97. The van der Waals surface area contributed by atoms with Gasteiger partial charge in [0, 0.05) is 13.2 Å². The van der Waals surface area contributed by atoms with Crippen molar-refractivity contribution in [2.75, 3.05) is 25.1 Å². The second kappa shape index (κ2) is 6.58. The number of aromatic nitrogens is 2. The summed E-state index contributed by atoms with van der Waals surface area (Å²) in [5, 5.41) is 3.58. The van der Waals surface area contributed by atoms with Crippen LogP contribution in [0, 0.1) is 5.92 Å². The molecule has 0 spiro atoms. The summed E-state index contributed by atoms with van der Waals surface area (Å²) in [6, 6.07) is 0. The van der Waals surface area contributed by atoms with E-state index in [2.05, 4.69) is 29.1 Å². The van der Waals surface area contributed by atoms with Gasteiger partial charge in [0.15, 0.2) is 0 Å². The van der Waals surface area contributed by atoms with Gasteiger partial charge in [0.05, 0.1) is 24.0 Å². The molecule has 0 amide bonds. The molecular formula is C10H16ClN3O. The van der Waals surface area contributed by atoms with Gasteiger partial charge in [0.2, 0.25) is 5.95 Å². The van der Waals surface area contributed by atoms with Crippen LogP contribution in [0.1, 0.15) is 13.8 Å². The summed E-state index contributed by atoms with van der Waals surface area (Å²) < 4.78 is 5.40. The smallest absolute Gasteiger partial charge is 0.222 e. The lowest BCUT2D eigenvalue weighted by Gasteiger charge is -2.07. The van der Waals surface area contributed by atoms with Crippen LogP contribution in [0.25, 0.3) is 0 Å². The van der Waals surface area contributed by atoms with Crippen LogP contribution in [0.3, 0.4) is 0 Å². The lowest BCUT2D eigenvalue weighted by molar-refractivity contribution is 0.118. The summed E-state index contributed by atoms with van der Waals surface area (Å²) in [6.45, 7) is 6.38. The largest absolute Gasteiger partial charge is 0.379 e. The molecular weight excluding hydrogens is 214 g/mol. The van der Waals surface area contributed by atoms with Gasteiger partial charge in [-0.3, -0.25) is 0 Å². The van der Waals surface area contributed by atoms with Crippen LogP contribution in [-0.2, 0) is 4.74 Å². The predicted molar refractivity (Wildman–Crippen MR) is 61.2 cm³/mol. The van der Waals surface area contributed by atoms with Crippen molar-refractivity contribution in [3.63, 3.8) is 0 Å². The zero-order valence-electron chi connectivity index (χ0n) is 9.03. The third-order valence-electron chi connectivity index (χ3n) is 1.60. The number of halogens is 1. The molecule has 0 fully saturated rings. The number of ether oxygens (including phenoxy) is 1. The zero-order chi connectivity index (χ0) is 11.1. The van der Waals surface area contributed by atoms with Crippen molar-refractivity contribution in [2.45, 2.75) is 13.8 Å². The molecule has 84 valence electrons. The highest BCUT2D eigenvalue weighted by molar-refractivity contribution is 6.30. The predicted octanol–water partition coefficient (Wildman–Crippen LogP) is 2.21. The van der Waals surface area contributed by atoms with Crippen molar-refractivity contribution in [1.29, 1.82) is 0 Å². The van der Waals surface area contributed by atoms with Crippen LogP contribution >= 0.6 is 11.6 Å². The van der Waals surface area contributed by atoms with Crippen LogP contribution in [0.4, 0.5) is 5.95 Å². The van der Waals surface area contributed by atoms with Gasteiger partial charge in [0.1, 0.15) is 0 Å². The molecule has 1 rings (SSSR count). The first kappa shape index (κ1) is 12.2. The lowest BCUT2D eigenvalue weighted by atomic mass is 10.2. The Morgan fingerprint density at radius 3 is 2.67 bits per heavy atom. The van der Waals surface area contributed by atoms with E-state index in [-0.39, 0.29) is 0 Å². The molecule has 0 aromatic carbocycles. The molecule has 15 heavy (non-hydrogen) atoms. The van der Waals surface area contributed by atoms with Crippen molar-refractivity contribution in [1.82, 2.24) is 9.97 Å². The Morgan fingerprint density at radius 1 is 1.40 bits per heavy atom. The number of rotatable bonds is 6. The molecule has 0 atom stereocenters. The van der Waals surface area contributed by atoms with E-state index >= 15 is 0 Å². The molecule has 1 heterocycles. The Kier molecular flexibility index (Phi) is 5.36. The molecule has 0 aliphatic heterocycles. The molecule has 1 aromatic rings. The van der Waals surface area contributed by atoms with Crippen LogP contribution in [0.2, 0.25) is 5.02 Å². The number of hydrogen-bond acceptors (Lipinski definition) is 4. The van der Waals surface area contributed by atoms with E-state index in [9.17, 15) is 0 Å². The Morgan fingerprint density at radius 2 is 2.07 bits per heavy atom. The maximum atomic E-state index is 5.65. The van der Waals surface area contributed by atoms with Crippen molar-refractivity contribution >= 4 is 17.5 Å². The molecule has 0 saturated carbocycles. The van der Waals surface area contributed by atoms with Crippen LogP contribution < -0.4 is 5.32 Å². The van der Waals surface area contributed by atoms with E-state index < -0.39 is 0 Å². The minimum atomic E-state index is 0.539. The summed E-state index contributed by atoms with van der Waals surface area (Å²) in [6.07, 6.45) is 3.12.